The van der Waals surface area contributed by atoms with E-state index in [2.05, 4.69) is 4.74 Å². The monoisotopic (exact) mass is 289 g/mol. The maximum Gasteiger partial charge on any atom is 0.344 e. The molecule has 0 aliphatic heterocycles. The maximum absolute atomic E-state index is 11.5. The highest BCUT2D eigenvalue weighted by molar-refractivity contribution is 5.94. The van der Waals surface area contributed by atoms with Crippen LogP contribution in [-0.2, 0) is 4.74 Å². The zero-order chi connectivity index (χ0) is 15.4. The van der Waals surface area contributed by atoms with E-state index in [9.17, 15) is 14.9 Å². The van der Waals surface area contributed by atoms with Gasteiger partial charge in [-0.3, -0.25) is 10.1 Å². The molecule has 0 heterocycles. The van der Waals surface area contributed by atoms with Gasteiger partial charge in [0, 0.05) is 0 Å². The largest absolute Gasteiger partial charge is 0.508 e. The Kier molecular flexibility index (Phi) is 4.03. The summed E-state index contributed by atoms with van der Waals surface area (Å²) in [7, 11) is 1.15. The SMILES string of the molecule is COC(=O)c1ccc(Oc2ccc(O)cc2)cc1[N+](=O)[O-]. The lowest BCUT2D eigenvalue weighted by Gasteiger charge is -2.07. The Balaban J connectivity index is 2.33. The van der Waals surface area contributed by atoms with Crippen molar-refractivity contribution in [2.45, 2.75) is 0 Å². The molecule has 0 atom stereocenters. The van der Waals surface area contributed by atoms with Crippen LogP contribution >= 0.6 is 0 Å². The second-order valence-electron chi connectivity index (χ2n) is 4.02. The Morgan fingerprint density at radius 3 is 2.33 bits per heavy atom. The Morgan fingerprint density at radius 2 is 1.76 bits per heavy atom. The summed E-state index contributed by atoms with van der Waals surface area (Å²) in [6.45, 7) is 0. The van der Waals surface area contributed by atoms with Crippen LogP contribution in [0.4, 0.5) is 5.69 Å². The molecule has 2 rings (SSSR count). The fourth-order valence-corrected chi connectivity index (χ4v) is 1.66. The van der Waals surface area contributed by atoms with Crippen molar-refractivity contribution in [3.8, 4) is 17.2 Å². The molecule has 0 saturated heterocycles. The zero-order valence-electron chi connectivity index (χ0n) is 11.0. The summed E-state index contributed by atoms with van der Waals surface area (Å²) >= 11 is 0. The van der Waals surface area contributed by atoms with E-state index >= 15 is 0 Å². The second-order valence-corrected chi connectivity index (χ2v) is 4.02. The van der Waals surface area contributed by atoms with E-state index in [1.807, 2.05) is 0 Å². The molecule has 108 valence electrons. The minimum atomic E-state index is -0.794. The van der Waals surface area contributed by atoms with Crippen LogP contribution in [0.3, 0.4) is 0 Å². The van der Waals surface area contributed by atoms with E-state index in [0.717, 1.165) is 13.2 Å². The first-order chi connectivity index (χ1) is 10.0. The molecule has 7 heteroatoms. The topological polar surface area (TPSA) is 98.9 Å². The maximum atomic E-state index is 11.5. The molecule has 0 spiro atoms. The molecule has 0 unspecified atom stereocenters. The van der Waals surface area contributed by atoms with Gasteiger partial charge in [0.05, 0.1) is 18.1 Å². The number of nitrogens with zero attached hydrogens (tertiary/aromatic N) is 1. The van der Waals surface area contributed by atoms with Crippen LogP contribution < -0.4 is 4.74 Å². The molecule has 1 N–H and O–H groups in total. The van der Waals surface area contributed by atoms with Crippen LogP contribution in [0.1, 0.15) is 10.4 Å². The van der Waals surface area contributed by atoms with Crippen molar-refractivity contribution in [1.29, 1.82) is 0 Å². The van der Waals surface area contributed by atoms with Gasteiger partial charge in [-0.1, -0.05) is 0 Å². The summed E-state index contributed by atoms with van der Waals surface area (Å²) in [6, 6.07) is 9.69. The van der Waals surface area contributed by atoms with Crippen LogP contribution in [0, 0.1) is 10.1 Å². The molecule has 0 aliphatic carbocycles. The number of hydrogen-bond donors (Lipinski definition) is 1. The number of nitro benzene ring substituents is 1. The van der Waals surface area contributed by atoms with E-state index in [4.69, 9.17) is 9.84 Å². The van der Waals surface area contributed by atoms with Crippen LogP contribution in [0.15, 0.2) is 42.5 Å². The number of benzene rings is 2. The molecule has 7 nitrogen and oxygen atoms in total. The second kappa shape index (κ2) is 5.91. The number of hydrogen-bond acceptors (Lipinski definition) is 6. The van der Waals surface area contributed by atoms with Gasteiger partial charge >= 0.3 is 5.97 Å². The third-order valence-electron chi connectivity index (χ3n) is 2.64. The number of phenolic OH excluding ortho intramolecular Hbond substituents is 1. The average molecular weight is 289 g/mol. The van der Waals surface area contributed by atoms with Gasteiger partial charge in [0.2, 0.25) is 0 Å². The Morgan fingerprint density at radius 1 is 1.14 bits per heavy atom. The smallest absolute Gasteiger partial charge is 0.344 e. The van der Waals surface area contributed by atoms with Crippen molar-refractivity contribution >= 4 is 11.7 Å². The molecule has 0 fully saturated rings. The van der Waals surface area contributed by atoms with E-state index in [1.54, 1.807) is 0 Å². The number of carbonyl (C=O) groups excluding carboxylic acids is 1. The number of rotatable bonds is 4. The molecule has 21 heavy (non-hydrogen) atoms. The lowest BCUT2D eigenvalue weighted by atomic mass is 10.1. The number of aromatic hydroxyl groups is 1. The summed E-state index contributed by atoms with van der Waals surface area (Å²) in [6.07, 6.45) is 0. The highest BCUT2D eigenvalue weighted by Gasteiger charge is 2.21. The van der Waals surface area contributed by atoms with Gasteiger partial charge in [0.1, 0.15) is 22.8 Å². The van der Waals surface area contributed by atoms with Crippen molar-refractivity contribution in [2.75, 3.05) is 7.11 Å². The lowest BCUT2D eigenvalue weighted by Crippen LogP contribution is -2.05. The highest BCUT2D eigenvalue weighted by Crippen LogP contribution is 2.29. The summed E-state index contributed by atoms with van der Waals surface area (Å²) in [4.78, 5) is 21.8. The average Bonchev–Trinajstić information content (AvgIpc) is 2.48. The Bertz CT molecular complexity index is 680. The van der Waals surface area contributed by atoms with E-state index in [-0.39, 0.29) is 17.1 Å². The number of methoxy groups -OCH3 is 1. The van der Waals surface area contributed by atoms with E-state index in [0.29, 0.717) is 5.75 Å². The molecular weight excluding hydrogens is 278 g/mol. The van der Waals surface area contributed by atoms with Gasteiger partial charge < -0.3 is 14.6 Å². The number of nitro groups is 1. The highest BCUT2D eigenvalue weighted by atomic mass is 16.6. The normalized spacial score (nSPS) is 9.95. The number of ether oxygens (including phenoxy) is 2. The van der Waals surface area contributed by atoms with Crippen LogP contribution in [0.5, 0.6) is 17.2 Å². The van der Waals surface area contributed by atoms with Crippen molar-refractivity contribution in [1.82, 2.24) is 0 Å². The van der Waals surface area contributed by atoms with Crippen molar-refractivity contribution in [3.63, 3.8) is 0 Å². The van der Waals surface area contributed by atoms with Crippen LogP contribution in [0.2, 0.25) is 0 Å². The Labute approximate surface area is 119 Å². The first-order valence-corrected chi connectivity index (χ1v) is 5.85. The molecule has 0 saturated carbocycles. The van der Waals surface area contributed by atoms with Crippen molar-refractivity contribution in [3.05, 3.63) is 58.1 Å². The third kappa shape index (κ3) is 3.27. The van der Waals surface area contributed by atoms with Gasteiger partial charge in [-0.25, -0.2) is 4.79 Å². The molecule has 0 amide bonds. The lowest BCUT2D eigenvalue weighted by molar-refractivity contribution is -0.385. The first kappa shape index (κ1) is 14.3. The van der Waals surface area contributed by atoms with Gasteiger partial charge in [0.25, 0.3) is 5.69 Å². The molecule has 0 aromatic heterocycles. The first-order valence-electron chi connectivity index (χ1n) is 5.85. The van der Waals surface area contributed by atoms with Gasteiger partial charge in [-0.2, -0.15) is 0 Å². The van der Waals surface area contributed by atoms with Gasteiger partial charge in [-0.15, -0.1) is 0 Å². The molecule has 2 aromatic carbocycles. The van der Waals surface area contributed by atoms with E-state index < -0.39 is 16.6 Å². The summed E-state index contributed by atoms with van der Waals surface area (Å²) < 4.78 is 9.91. The van der Waals surface area contributed by atoms with Crippen LogP contribution in [0.25, 0.3) is 0 Å². The molecule has 2 aromatic rings. The molecular formula is C14H11NO6. The fourth-order valence-electron chi connectivity index (χ4n) is 1.66. The number of phenols is 1. The molecule has 0 bridgehead atoms. The van der Waals surface area contributed by atoms with Crippen molar-refractivity contribution in [2.24, 2.45) is 0 Å². The summed E-state index contributed by atoms with van der Waals surface area (Å²) in [5, 5.41) is 20.2. The number of carbonyl (C=O) groups is 1. The van der Waals surface area contributed by atoms with Gasteiger partial charge in [0.15, 0.2) is 0 Å². The minimum absolute atomic E-state index is 0.0781. The third-order valence-corrected chi connectivity index (χ3v) is 2.64. The number of esters is 1. The van der Waals surface area contributed by atoms with Gasteiger partial charge in [-0.05, 0) is 36.4 Å². The van der Waals surface area contributed by atoms with Crippen molar-refractivity contribution < 1.29 is 24.3 Å². The van der Waals surface area contributed by atoms with E-state index in [1.165, 1.54) is 36.4 Å². The van der Waals surface area contributed by atoms with Crippen LogP contribution in [-0.4, -0.2) is 23.1 Å². The molecule has 0 radical (unpaired) electrons. The quantitative estimate of drug-likeness (QED) is 0.528. The summed E-state index contributed by atoms with van der Waals surface area (Å²) in [5.41, 5.74) is -0.557. The predicted molar refractivity (Wildman–Crippen MR) is 72.6 cm³/mol. The zero-order valence-corrected chi connectivity index (χ0v) is 11.0. The minimum Gasteiger partial charge on any atom is -0.508 e. The summed E-state index contributed by atoms with van der Waals surface area (Å²) in [5.74, 6) is -0.125. The molecule has 0 aliphatic rings. The predicted octanol–water partition coefficient (Wildman–Crippen LogP) is 2.88. The standard InChI is InChI=1S/C14H11NO6/c1-20-14(17)12-7-6-11(8-13(12)15(18)19)21-10-4-2-9(16)3-5-10/h2-8,16H,1H3. The Hall–Kier alpha value is -3.09. The fraction of sp³-hybridized carbons (Fsp3) is 0.0714.